The third-order valence-corrected chi connectivity index (χ3v) is 3.55. The summed E-state index contributed by atoms with van der Waals surface area (Å²) in [4.78, 5) is 2.50. The van der Waals surface area contributed by atoms with Gasteiger partial charge in [0.2, 0.25) is 0 Å². The molecule has 18 heavy (non-hydrogen) atoms. The van der Waals surface area contributed by atoms with E-state index in [4.69, 9.17) is 4.74 Å². The Kier molecular flexibility index (Phi) is 5.93. The number of halogens is 1. The second-order valence-corrected chi connectivity index (χ2v) is 4.81. The topological polar surface area (TPSA) is 24.5 Å². The predicted octanol–water partition coefficient (Wildman–Crippen LogP) is 2.22. The summed E-state index contributed by atoms with van der Waals surface area (Å²) in [5.41, 5.74) is 2.59. The summed E-state index contributed by atoms with van der Waals surface area (Å²) in [7, 11) is 3.77. The van der Waals surface area contributed by atoms with E-state index in [0.717, 1.165) is 18.8 Å². The Labute approximate surface area is 116 Å². The smallest absolute Gasteiger partial charge is 0.121 e. The first-order chi connectivity index (χ1) is 8.22. The van der Waals surface area contributed by atoms with Crippen molar-refractivity contribution in [2.75, 3.05) is 27.2 Å². The van der Waals surface area contributed by atoms with Crippen LogP contribution >= 0.6 is 12.4 Å². The van der Waals surface area contributed by atoms with Gasteiger partial charge in [0.05, 0.1) is 7.11 Å². The van der Waals surface area contributed by atoms with Gasteiger partial charge in [-0.3, -0.25) is 4.90 Å². The van der Waals surface area contributed by atoms with Crippen molar-refractivity contribution in [1.82, 2.24) is 10.2 Å². The normalized spacial score (nSPS) is 19.6. The van der Waals surface area contributed by atoms with E-state index in [1.165, 1.54) is 24.1 Å². The molecule has 0 saturated carbocycles. The molecule has 102 valence electrons. The molecule has 4 heteroatoms. The maximum Gasteiger partial charge on any atom is 0.121 e. The number of nitrogens with one attached hydrogen (secondary N) is 1. The Morgan fingerprint density at radius 3 is 2.78 bits per heavy atom. The minimum absolute atomic E-state index is 0. The first-order valence-corrected chi connectivity index (χ1v) is 6.26. The molecule has 1 aromatic carbocycles. The van der Waals surface area contributed by atoms with Crippen LogP contribution in [0.25, 0.3) is 0 Å². The summed E-state index contributed by atoms with van der Waals surface area (Å²) in [6.07, 6.45) is 1.26. The van der Waals surface area contributed by atoms with Crippen LogP contribution in [-0.2, 0) is 6.54 Å². The maximum atomic E-state index is 5.28. The molecule has 1 fully saturated rings. The van der Waals surface area contributed by atoms with Crippen LogP contribution < -0.4 is 10.1 Å². The van der Waals surface area contributed by atoms with Gasteiger partial charge in [0.15, 0.2) is 0 Å². The summed E-state index contributed by atoms with van der Waals surface area (Å²) in [5.74, 6) is 0.975. The van der Waals surface area contributed by atoms with Crippen molar-refractivity contribution in [3.05, 3.63) is 29.3 Å². The third kappa shape index (κ3) is 3.61. The van der Waals surface area contributed by atoms with Gasteiger partial charge >= 0.3 is 0 Å². The number of hydrogen-bond acceptors (Lipinski definition) is 3. The number of benzene rings is 1. The van der Waals surface area contributed by atoms with E-state index in [0.29, 0.717) is 6.04 Å². The predicted molar refractivity (Wildman–Crippen MR) is 77.7 cm³/mol. The molecule has 0 aromatic heterocycles. The van der Waals surface area contributed by atoms with Crippen LogP contribution in [0, 0.1) is 6.92 Å². The molecule has 1 aliphatic rings. The molecule has 1 aromatic rings. The van der Waals surface area contributed by atoms with Gasteiger partial charge in [-0.1, -0.05) is 12.1 Å². The number of hydrogen-bond donors (Lipinski definition) is 1. The summed E-state index contributed by atoms with van der Waals surface area (Å²) >= 11 is 0. The molecular formula is C14H23ClN2O. The molecule has 1 unspecified atom stereocenters. The molecule has 1 atom stereocenters. The lowest BCUT2D eigenvalue weighted by Gasteiger charge is -2.16. The quantitative estimate of drug-likeness (QED) is 0.908. The zero-order valence-electron chi connectivity index (χ0n) is 11.4. The van der Waals surface area contributed by atoms with Crippen LogP contribution in [0.4, 0.5) is 0 Å². The van der Waals surface area contributed by atoms with Crippen molar-refractivity contribution >= 4 is 12.4 Å². The fourth-order valence-electron chi connectivity index (χ4n) is 2.51. The lowest BCUT2D eigenvalue weighted by Crippen LogP contribution is -2.29. The molecule has 0 amide bonds. The van der Waals surface area contributed by atoms with Gasteiger partial charge in [-0.05, 0) is 37.6 Å². The van der Waals surface area contributed by atoms with E-state index in [1.807, 2.05) is 7.05 Å². The van der Waals surface area contributed by atoms with E-state index in [1.54, 1.807) is 7.11 Å². The van der Waals surface area contributed by atoms with Gasteiger partial charge in [-0.2, -0.15) is 0 Å². The van der Waals surface area contributed by atoms with Crippen LogP contribution in [0.1, 0.15) is 17.5 Å². The van der Waals surface area contributed by atoms with Crippen molar-refractivity contribution < 1.29 is 4.74 Å². The first-order valence-electron chi connectivity index (χ1n) is 6.26. The fourth-order valence-corrected chi connectivity index (χ4v) is 2.51. The molecule has 1 saturated heterocycles. The summed E-state index contributed by atoms with van der Waals surface area (Å²) < 4.78 is 5.28. The number of ether oxygens (including phenoxy) is 1. The van der Waals surface area contributed by atoms with Gasteiger partial charge < -0.3 is 10.1 Å². The molecule has 0 spiro atoms. The van der Waals surface area contributed by atoms with Gasteiger partial charge in [-0.25, -0.2) is 0 Å². The van der Waals surface area contributed by atoms with Gasteiger partial charge in [-0.15, -0.1) is 12.4 Å². The number of likely N-dealkylation sites (N-methyl/N-ethyl adjacent to an activating group) is 1. The second-order valence-electron chi connectivity index (χ2n) is 4.81. The Balaban J connectivity index is 0.00000162. The minimum Gasteiger partial charge on any atom is -0.496 e. The lowest BCUT2D eigenvalue weighted by atomic mass is 10.1. The summed E-state index contributed by atoms with van der Waals surface area (Å²) in [6, 6.07) is 7.12. The fraction of sp³-hybridized carbons (Fsp3) is 0.571. The Bertz CT molecular complexity index is 384. The SMILES string of the molecule is CNC1CCN(Cc2ccc(OC)c(C)c2)C1.Cl. The summed E-state index contributed by atoms with van der Waals surface area (Å²) in [5, 5.41) is 3.35. The highest BCUT2D eigenvalue weighted by Crippen LogP contribution is 2.20. The highest BCUT2D eigenvalue weighted by atomic mass is 35.5. The Hall–Kier alpha value is -0.770. The largest absolute Gasteiger partial charge is 0.496 e. The van der Waals surface area contributed by atoms with Crippen molar-refractivity contribution in [2.24, 2.45) is 0 Å². The van der Waals surface area contributed by atoms with E-state index < -0.39 is 0 Å². The van der Waals surface area contributed by atoms with Crippen molar-refractivity contribution in [3.63, 3.8) is 0 Å². The maximum absolute atomic E-state index is 5.28. The molecule has 0 radical (unpaired) electrons. The standard InChI is InChI=1S/C14H22N2O.ClH/c1-11-8-12(4-5-14(11)17-3)9-16-7-6-13(10-16)15-2;/h4-5,8,13,15H,6-7,9-10H2,1-3H3;1H. The van der Waals surface area contributed by atoms with E-state index in [9.17, 15) is 0 Å². The first kappa shape index (κ1) is 15.3. The third-order valence-electron chi connectivity index (χ3n) is 3.55. The number of rotatable bonds is 4. The van der Waals surface area contributed by atoms with Crippen molar-refractivity contribution in [1.29, 1.82) is 0 Å². The van der Waals surface area contributed by atoms with Crippen molar-refractivity contribution in [2.45, 2.75) is 25.9 Å². The molecular weight excluding hydrogens is 248 g/mol. The van der Waals surface area contributed by atoms with Gasteiger partial charge in [0, 0.05) is 25.7 Å². The molecule has 3 nitrogen and oxygen atoms in total. The van der Waals surface area contributed by atoms with Crippen LogP contribution in [-0.4, -0.2) is 38.2 Å². The summed E-state index contributed by atoms with van der Waals surface area (Å²) in [6.45, 7) is 5.49. The van der Waals surface area contributed by atoms with Gasteiger partial charge in [0.25, 0.3) is 0 Å². The Morgan fingerprint density at radius 2 is 2.22 bits per heavy atom. The van der Waals surface area contributed by atoms with Crippen LogP contribution in [0.3, 0.4) is 0 Å². The molecule has 1 aliphatic heterocycles. The molecule has 0 bridgehead atoms. The van der Waals surface area contributed by atoms with E-state index in [-0.39, 0.29) is 12.4 Å². The van der Waals surface area contributed by atoms with E-state index >= 15 is 0 Å². The van der Waals surface area contributed by atoms with Gasteiger partial charge in [0.1, 0.15) is 5.75 Å². The molecule has 1 N–H and O–H groups in total. The molecule has 2 rings (SSSR count). The molecule has 1 heterocycles. The average molecular weight is 271 g/mol. The monoisotopic (exact) mass is 270 g/mol. The average Bonchev–Trinajstić information content (AvgIpc) is 2.77. The number of aryl methyl sites for hydroxylation is 1. The number of likely N-dealkylation sites (tertiary alicyclic amines) is 1. The minimum atomic E-state index is 0. The van der Waals surface area contributed by atoms with Crippen LogP contribution in [0.2, 0.25) is 0 Å². The van der Waals surface area contributed by atoms with Crippen LogP contribution in [0.15, 0.2) is 18.2 Å². The van der Waals surface area contributed by atoms with Crippen molar-refractivity contribution in [3.8, 4) is 5.75 Å². The number of methoxy groups -OCH3 is 1. The highest BCUT2D eigenvalue weighted by molar-refractivity contribution is 5.85. The molecule has 0 aliphatic carbocycles. The zero-order valence-corrected chi connectivity index (χ0v) is 12.2. The Morgan fingerprint density at radius 1 is 1.44 bits per heavy atom. The highest BCUT2D eigenvalue weighted by Gasteiger charge is 2.20. The van der Waals surface area contributed by atoms with Crippen LogP contribution in [0.5, 0.6) is 5.75 Å². The van der Waals surface area contributed by atoms with E-state index in [2.05, 4.69) is 35.3 Å². The number of nitrogens with zero attached hydrogens (tertiary/aromatic N) is 1. The second kappa shape index (κ2) is 6.98. The zero-order chi connectivity index (χ0) is 12.3. The lowest BCUT2D eigenvalue weighted by molar-refractivity contribution is 0.322.